The SMILES string of the molecule is COCCN1CCO[C@H]2CCN(C(=O)C3(F)CCC3)C[C@@H]21. The molecule has 3 fully saturated rings. The van der Waals surface area contributed by atoms with E-state index in [0.717, 1.165) is 32.5 Å². The first-order chi connectivity index (χ1) is 10.1. The summed E-state index contributed by atoms with van der Waals surface area (Å²) in [5, 5.41) is 0. The van der Waals surface area contributed by atoms with Crippen molar-refractivity contribution in [1.82, 2.24) is 9.80 Å². The van der Waals surface area contributed by atoms with Crippen molar-refractivity contribution in [2.75, 3.05) is 46.5 Å². The molecule has 1 saturated carbocycles. The third-order valence-corrected chi connectivity index (χ3v) is 5.10. The van der Waals surface area contributed by atoms with E-state index in [9.17, 15) is 9.18 Å². The van der Waals surface area contributed by atoms with Gasteiger partial charge in [-0.15, -0.1) is 0 Å². The maximum Gasteiger partial charge on any atom is 0.260 e. The van der Waals surface area contributed by atoms with E-state index in [1.807, 2.05) is 0 Å². The Kier molecular flexibility index (Phi) is 4.47. The molecule has 1 amide bonds. The summed E-state index contributed by atoms with van der Waals surface area (Å²) in [6.45, 7) is 4.29. The summed E-state index contributed by atoms with van der Waals surface area (Å²) in [4.78, 5) is 16.4. The number of likely N-dealkylation sites (tertiary alicyclic amines) is 1. The zero-order chi connectivity index (χ0) is 14.9. The van der Waals surface area contributed by atoms with Crippen LogP contribution in [0, 0.1) is 0 Å². The maximum atomic E-state index is 14.4. The van der Waals surface area contributed by atoms with Crippen molar-refractivity contribution in [3.8, 4) is 0 Å². The zero-order valence-corrected chi connectivity index (χ0v) is 12.7. The Labute approximate surface area is 125 Å². The number of carbonyl (C=O) groups excluding carboxylic acids is 1. The highest BCUT2D eigenvalue weighted by Crippen LogP contribution is 2.38. The number of nitrogens with zero attached hydrogens (tertiary/aromatic N) is 2. The molecular weight excluding hydrogens is 275 g/mol. The third-order valence-electron chi connectivity index (χ3n) is 5.10. The number of hydrogen-bond donors (Lipinski definition) is 0. The molecule has 0 N–H and O–H groups in total. The lowest BCUT2D eigenvalue weighted by atomic mass is 9.80. The number of amides is 1. The summed E-state index contributed by atoms with van der Waals surface area (Å²) in [6.07, 6.45) is 2.57. The van der Waals surface area contributed by atoms with Crippen molar-refractivity contribution in [1.29, 1.82) is 0 Å². The molecule has 2 atom stereocenters. The first-order valence-corrected chi connectivity index (χ1v) is 7.97. The summed E-state index contributed by atoms with van der Waals surface area (Å²) >= 11 is 0. The van der Waals surface area contributed by atoms with E-state index in [4.69, 9.17) is 9.47 Å². The highest BCUT2D eigenvalue weighted by atomic mass is 19.1. The molecule has 0 aromatic carbocycles. The Hall–Kier alpha value is -0.720. The molecule has 21 heavy (non-hydrogen) atoms. The molecule has 0 radical (unpaired) electrons. The van der Waals surface area contributed by atoms with Crippen LogP contribution in [0.5, 0.6) is 0 Å². The molecule has 6 heteroatoms. The van der Waals surface area contributed by atoms with Crippen LogP contribution in [-0.2, 0) is 14.3 Å². The van der Waals surface area contributed by atoms with Crippen molar-refractivity contribution in [3.63, 3.8) is 0 Å². The quantitative estimate of drug-likeness (QED) is 0.771. The fraction of sp³-hybridized carbons (Fsp3) is 0.933. The Balaban J connectivity index is 1.64. The maximum absolute atomic E-state index is 14.4. The fourth-order valence-corrected chi connectivity index (χ4v) is 3.60. The largest absolute Gasteiger partial charge is 0.383 e. The summed E-state index contributed by atoms with van der Waals surface area (Å²) in [5.41, 5.74) is -1.58. The Morgan fingerprint density at radius 2 is 2.24 bits per heavy atom. The van der Waals surface area contributed by atoms with E-state index < -0.39 is 5.67 Å². The summed E-state index contributed by atoms with van der Waals surface area (Å²) in [7, 11) is 1.69. The van der Waals surface area contributed by atoms with Crippen LogP contribution in [-0.4, -0.2) is 80.0 Å². The molecule has 0 unspecified atom stereocenters. The predicted octanol–water partition coefficient (Wildman–Crippen LogP) is 0.827. The van der Waals surface area contributed by atoms with Crippen LogP contribution in [0.1, 0.15) is 25.7 Å². The first kappa shape index (κ1) is 15.2. The number of alkyl halides is 1. The lowest BCUT2D eigenvalue weighted by Crippen LogP contribution is -2.63. The Morgan fingerprint density at radius 3 is 2.90 bits per heavy atom. The average Bonchev–Trinajstić information content (AvgIpc) is 2.49. The van der Waals surface area contributed by atoms with E-state index in [2.05, 4.69) is 4.90 Å². The minimum atomic E-state index is -1.58. The van der Waals surface area contributed by atoms with Gasteiger partial charge in [-0.2, -0.15) is 0 Å². The summed E-state index contributed by atoms with van der Waals surface area (Å²) < 4.78 is 25.3. The Bertz CT molecular complexity index is 389. The predicted molar refractivity (Wildman–Crippen MR) is 75.9 cm³/mol. The fourth-order valence-electron chi connectivity index (χ4n) is 3.60. The number of piperidine rings is 1. The summed E-state index contributed by atoms with van der Waals surface area (Å²) in [6, 6.07) is 0.176. The van der Waals surface area contributed by atoms with Gasteiger partial charge in [0.25, 0.3) is 5.91 Å². The second-order valence-corrected chi connectivity index (χ2v) is 6.36. The van der Waals surface area contributed by atoms with E-state index in [0.29, 0.717) is 32.5 Å². The molecule has 2 saturated heterocycles. The van der Waals surface area contributed by atoms with Gasteiger partial charge in [0.1, 0.15) is 0 Å². The molecule has 0 bridgehead atoms. The van der Waals surface area contributed by atoms with Crippen LogP contribution in [0.3, 0.4) is 0 Å². The van der Waals surface area contributed by atoms with Gasteiger partial charge in [0, 0.05) is 33.3 Å². The van der Waals surface area contributed by atoms with Gasteiger partial charge in [-0.3, -0.25) is 9.69 Å². The van der Waals surface area contributed by atoms with Crippen LogP contribution in [0.25, 0.3) is 0 Å². The second kappa shape index (κ2) is 6.18. The average molecular weight is 300 g/mol. The zero-order valence-electron chi connectivity index (χ0n) is 12.7. The Morgan fingerprint density at radius 1 is 1.43 bits per heavy atom. The van der Waals surface area contributed by atoms with Crippen LogP contribution in [0.4, 0.5) is 4.39 Å². The molecule has 3 aliphatic rings. The minimum Gasteiger partial charge on any atom is -0.383 e. The number of hydrogen-bond acceptors (Lipinski definition) is 4. The molecule has 3 rings (SSSR count). The number of ether oxygens (including phenoxy) is 2. The van der Waals surface area contributed by atoms with E-state index in [1.165, 1.54) is 0 Å². The number of morpholine rings is 1. The van der Waals surface area contributed by atoms with Gasteiger partial charge in [0.05, 0.1) is 25.4 Å². The third kappa shape index (κ3) is 2.94. The first-order valence-electron chi connectivity index (χ1n) is 7.97. The van der Waals surface area contributed by atoms with E-state index in [-0.39, 0.29) is 18.1 Å². The monoisotopic (exact) mass is 300 g/mol. The number of rotatable bonds is 4. The second-order valence-electron chi connectivity index (χ2n) is 6.36. The van der Waals surface area contributed by atoms with Crippen molar-refractivity contribution in [2.45, 2.75) is 43.5 Å². The van der Waals surface area contributed by atoms with Crippen LogP contribution < -0.4 is 0 Å². The highest BCUT2D eigenvalue weighted by molar-refractivity contribution is 5.86. The minimum absolute atomic E-state index is 0.164. The lowest BCUT2D eigenvalue weighted by molar-refractivity contribution is -0.160. The lowest BCUT2D eigenvalue weighted by Gasteiger charge is -2.48. The summed E-state index contributed by atoms with van der Waals surface area (Å²) in [5.74, 6) is -0.301. The van der Waals surface area contributed by atoms with Gasteiger partial charge >= 0.3 is 0 Å². The molecule has 0 spiro atoms. The van der Waals surface area contributed by atoms with Gasteiger partial charge in [-0.05, 0) is 25.7 Å². The van der Waals surface area contributed by atoms with Gasteiger partial charge in [-0.1, -0.05) is 0 Å². The molecule has 0 aromatic rings. The van der Waals surface area contributed by atoms with E-state index >= 15 is 0 Å². The van der Waals surface area contributed by atoms with Gasteiger partial charge in [0.2, 0.25) is 0 Å². The molecule has 120 valence electrons. The van der Waals surface area contributed by atoms with E-state index in [1.54, 1.807) is 12.0 Å². The van der Waals surface area contributed by atoms with Crippen LogP contribution in [0.2, 0.25) is 0 Å². The molecule has 2 heterocycles. The number of carbonyl (C=O) groups is 1. The number of fused-ring (bicyclic) bond motifs is 1. The molecule has 1 aliphatic carbocycles. The smallest absolute Gasteiger partial charge is 0.260 e. The van der Waals surface area contributed by atoms with Crippen LogP contribution >= 0.6 is 0 Å². The van der Waals surface area contributed by atoms with Crippen LogP contribution in [0.15, 0.2) is 0 Å². The van der Waals surface area contributed by atoms with Crippen molar-refractivity contribution in [3.05, 3.63) is 0 Å². The van der Waals surface area contributed by atoms with Gasteiger partial charge < -0.3 is 14.4 Å². The van der Waals surface area contributed by atoms with Gasteiger partial charge in [0.15, 0.2) is 5.67 Å². The van der Waals surface area contributed by atoms with Gasteiger partial charge in [-0.25, -0.2) is 4.39 Å². The van der Waals surface area contributed by atoms with Crippen molar-refractivity contribution < 1.29 is 18.7 Å². The topological polar surface area (TPSA) is 42.0 Å². The highest BCUT2D eigenvalue weighted by Gasteiger charge is 2.49. The molecular formula is C15H25FN2O3. The normalized spacial score (nSPS) is 32.4. The van der Waals surface area contributed by atoms with Crippen molar-refractivity contribution in [2.24, 2.45) is 0 Å². The number of methoxy groups -OCH3 is 1. The molecule has 2 aliphatic heterocycles. The number of halogens is 1. The van der Waals surface area contributed by atoms with Crippen molar-refractivity contribution >= 4 is 5.91 Å². The standard InChI is InChI=1S/C15H25FN2O3/c1-20-9-7-17-8-10-21-13-3-6-18(11-12(13)17)14(19)15(16)4-2-5-15/h12-13H,2-11H2,1H3/t12-,13-/m0/s1. The molecule has 5 nitrogen and oxygen atoms in total. The molecule has 0 aromatic heterocycles.